The molecule has 0 fully saturated rings. The van der Waals surface area contributed by atoms with Gasteiger partial charge in [0, 0.05) is 22.6 Å². The Kier molecular flexibility index (Phi) is 5.06. The second kappa shape index (κ2) is 8.39. The van der Waals surface area contributed by atoms with Crippen LogP contribution >= 0.6 is 0 Å². The summed E-state index contributed by atoms with van der Waals surface area (Å²) in [6, 6.07) is 26.8. The summed E-state index contributed by atoms with van der Waals surface area (Å²) in [4.78, 5) is 37.5. The van der Waals surface area contributed by atoms with Crippen LogP contribution in [0, 0.1) is 0 Å². The van der Waals surface area contributed by atoms with Crippen LogP contribution in [0.2, 0.25) is 0 Å². The maximum absolute atomic E-state index is 4.71. The van der Waals surface area contributed by atoms with Gasteiger partial charge in [0.15, 0.2) is 0 Å². The number of rotatable bonds is 0. The Morgan fingerprint density at radius 1 is 0.343 bits per heavy atom. The summed E-state index contributed by atoms with van der Waals surface area (Å²) in [5.41, 5.74) is 4.20. The molecule has 7 aromatic rings. The van der Waals surface area contributed by atoms with Gasteiger partial charge in [0.25, 0.3) is 0 Å². The minimum absolute atomic E-state index is 0. The molecule has 5 aromatic heterocycles. The summed E-state index contributed by atoms with van der Waals surface area (Å²) in [7, 11) is 0. The van der Waals surface area contributed by atoms with E-state index in [-0.39, 0.29) is 17.1 Å². The Morgan fingerprint density at radius 2 is 0.629 bits per heavy atom. The van der Waals surface area contributed by atoms with E-state index in [1.54, 1.807) is 0 Å². The first kappa shape index (κ1) is 21.1. The fourth-order valence-corrected chi connectivity index (χ4v) is 4.04. The first-order valence-corrected chi connectivity index (χ1v) is 10.7. The van der Waals surface area contributed by atoms with Crippen molar-refractivity contribution in [2.24, 2.45) is 0 Å². The smallest absolute Gasteiger partial charge is 0.357 e. The van der Waals surface area contributed by atoms with Crippen molar-refractivity contribution in [3.63, 3.8) is 0 Å². The molecule has 0 unspecified atom stereocenters. The second-order valence-electron chi connectivity index (χ2n) is 7.76. The van der Waals surface area contributed by atoms with E-state index in [0.29, 0.717) is 45.2 Å². The fourth-order valence-electron chi connectivity index (χ4n) is 4.04. The van der Waals surface area contributed by atoms with Crippen molar-refractivity contribution >= 4 is 66.7 Å². The van der Waals surface area contributed by atoms with Crippen molar-refractivity contribution in [3.05, 3.63) is 84.9 Å². The monoisotopic (exact) mass is 501 g/mol. The zero-order chi connectivity index (χ0) is 22.5. The summed E-state index contributed by atoms with van der Waals surface area (Å²) < 4.78 is 0. The largest absolute Gasteiger partial charge is 2.00 e. The summed E-state index contributed by atoms with van der Waals surface area (Å²) in [6.07, 6.45) is 0. The fraction of sp³-hybridized carbons (Fsp3) is 0. The Labute approximate surface area is 208 Å². The van der Waals surface area contributed by atoms with Gasteiger partial charge in [-0.2, -0.15) is 0 Å². The number of benzene rings is 2. The Hall–Kier alpha value is -4.46. The zero-order valence-electron chi connectivity index (χ0n) is 18.0. The molecular weight excluding hydrogens is 488 g/mol. The molecule has 0 spiro atoms. The maximum Gasteiger partial charge on any atom is 2.00 e. The first-order valence-electron chi connectivity index (χ1n) is 10.7. The second-order valence-corrected chi connectivity index (χ2v) is 7.76. The average molecular weight is 502 g/mol. The quantitative estimate of drug-likeness (QED) is 0.278. The van der Waals surface area contributed by atoms with Crippen molar-refractivity contribution in [2.45, 2.75) is 0 Å². The molecular formula is C26H14CuN8. The van der Waals surface area contributed by atoms with Crippen molar-refractivity contribution < 1.29 is 17.1 Å². The Balaban J connectivity index is 0.00000229. The predicted octanol–water partition coefficient (Wildman–Crippen LogP) is 4.57. The molecule has 2 aromatic carbocycles. The number of pyridine rings is 2. The number of aromatic nitrogens is 8. The van der Waals surface area contributed by atoms with Crippen LogP contribution in [0.5, 0.6) is 0 Å². The molecule has 9 heteroatoms. The molecule has 5 heterocycles. The Bertz CT molecular complexity index is 1720. The van der Waals surface area contributed by atoms with E-state index in [9.17, 15) is 0 Å². The van der Waals surface area contributed by atoms with E-state index >= 15 is 0 Å². The minimum Gasteiger partial charge on any atom is -0.357 e. The molecule has 0 N–H and O–H groups in total. The van der Waals surface area contributed by atoms with Gasteiger partial charge in [-0.05, 0) is 45.8 Å². The van der Waals surface area contributed by atoms with Crippen molar-refractivity contribution in [3.8, 4) is 0 Å². The minimum atomic E-state index is 0. The van der Waals surface area contributed by atoms with Crippen LogP contribution in [0.3, 0.4) is 0 Å². The van der Waals surface area contributed by atoms with E-state index in [4.69, 9.17) is 29.9 Å². The van der Waals surface area contributed by atoms with Crippen LogP contribution in [-0.2, 0) is 17.1 Å². The summed E-state index contributed by atoms with van der Waals surface area (Å²) in [5, 5.41) is 3.57. The third-order valence-corrected chi connectivity index (χ3v) is 5.56. The molecule has 35 heavy (non-hydrogen) atoms. The molecule has 0 amide bonds. The number of fused-ring (bicyclic) bond motifs is 14. The number of hydrogen-bond donors (Lipinski definition) is 0. The molecule has 0 saturated carbocycles. The van der Waals surface area contributed by atoms with Gasteiger partial charge >= 0.3 is 17.1 Å². The van der Waals surface area contributed by atoms with Gasteiger partial charge in [-0.1, -0.05) is 60.7 Å². The van der Waals surface area contributed by atoms with E-state index in [0.717, 1.165) is 21.5 Å². The van der Waals surface area contributed by atoms with Crippen LogP contribution in [0.15, 0.2) is 84.9 Å². The van der Waals surface area contributed by atoms with Gasteiger partial charge in [0.2, 0.25) is 0 Å². The summed E-state index contributed by atoms with van der Waals surface area (Å²) in [5.74, 6) is 0. The van der Waals surface area contributed by atoms with E-state index < -0.39 is 0 Å². The van der Waals surface area contributed by atoms with Gasteiger partial charge in [0.1, 0.15) is 0 Å². The predicted molar refractivity (Wildman–Crippen MR) is 131 cm³/mol. The molecule has 169 valence electrons. The molecule has 8 bridgehead atoms. The third kappa shape index (κ3) is 3.73. The number of nitrogens with zero attached hydrogens (tertiary/aromatic N) is 8. The average Bonchev–Trinajstić information content (AvgIpc) is 3.37. The molecule has 0 aliphatic heterocycles. The van der Waals surface area contributed by atoms with Gasteiger partial charge in [-0.15, -0.1) is 0 Å². The van der Waals surface area contributed by atoms with Crippen LogP contribution in [0.25, 0.3) is 66.7 Å². The number of hydrogen-bond acceptors (Lipinski definition) is 6. The summed E-state index contributed by atoms with van der Waals surface area (Å²) >= 11 is 0. The van der Waals surface area contributed by atoms with Crippen molar-refractivity contribution in [2.75, 3.05) is 0 Å². The maximum atomic E-state index is 4.71. The van der Waals surface area contributed by atoms with Crippen LogP contribution in [0.1, 0.15) is 0 Å². The van der Waals surface area contributed by atoms with E-state index in [2.05, 4.69) is 9.97 Å². The van der Waals surface area contributed by atoms with Gasteiger partial charge < -0.3 is 29.9 Å². The molecule has 0 aliphatic carbocycles. The molecule has 0 saturated heterocycles. The van der Waals surface area contributed by atoms with Gasteiger partial charge in [-0.25, -0.2) is 9.97 Å². The molecule has 0 atom stereocenters. The normalized spacial score (nSPS) is 11.2. The summed E-state index contributed by atoms with van der Waals surface area (Å²) in [6.45, 7) is 0. The third-order valence-electron chi connectivity index (χ3n) is 5.56. The SMILES string of the molecule is [Cu+2].c1cc2nc(c1)nc1[n-]c(nc3cccc(n3)nc3[n-]c(n2)c2ccccc32)c2ccccc12. The standard InChI is InChI=1S/C26H14N8.Cu/c1-2-8-16-15(7-1)23-29-19-11-5-13-21(27-19)31-25-17-9-3-4-10-18(17)26(34-25)32-22-14-6-12-20(28-22)30-24(16)33-23;/h1-14H;/q-2;+2. The first-order chi connectivity index (χ1) is 16.8. The van der Waals surface area contributed by atoms with E-state index in [1.165, 1.54) is 0 Å². The molecule has 1 radical (unpaired) electrons. The topological polar surface area (TPSA) is 106 Å². The van der Waals surface area contributed by atoms with Crippen LogP contribution in [0.4, 0.5) is 0 Å². The Morgan fingerprint density at radius 3 is 0.914 bits per heavy atom. The van der Waals surface area contributed by atoms with Crippen molar-refractivity contribution in [1.82, 2.24) is 39.9 Å². The van der Waals surface area contributed by atoms with Gasteiger partial charge in [-0.3, -0.25) is 0 Å². The molecule has 0 aliphatic rings. The van der Waals surface area contributed by atoms with Crippen molar-refractivity contribution in [1.29, 1.82) is 0 Å². The van der Waals surface area contributed by atoms with Gasteiger partial charge in [0.05, 0.1) is 22.6 Å². The zero-order valence-corrected chi connectivity index (χ0v) is 18.9. The van der Waals surface area contributed by atoms with Crippen LogP contribution < -0.4 is 9.97 Å². The molecule has 8 nitrogen and oxygen atoms in total. The molecule has 7 rings (SSSR count). The van der Waals surface area contributed by atoms with E-state index in [1.807, 2.05) is 84.9 Å². The van der Waals surface area contributed by atoms with Crippen LogP contribution in [-0.4, -0.2) is 29.9 Å².